The van der Waals surface area contributed by atoms with Crippen molar-refractivity contribution < 1.29 is 19.5 Å². The van der Waals surface area contributed by atoms with Crippen molar-refractivity contribution in [2.45, 2.75) is 13.8 Å². The third-order valence-electron chi connectivity index (χ3n) is 2.19. The highest BCUT2D eigenvalue weighted by Gasteiger charge is 2.12. The molecular formula is C11H14N4O4. The van der Waals surface area contributed by atoms with Crippen molar-refractivity contribution in [1.29, 1.82) is 0 Å². The number of nitrogens with one attached hydrogen (secondary N) is 2. The summed E-state index contributed by atoms with van der Waals surface area (Å²) in [7, 11) is 0. The van der Waals surface area contributed by atoms with Crippen LogP contribution in [0.4, 0.5) is 0 Å². The van der Waals surface area contributed by atoms with Gasteiger partial charge in [0.15, 0.2) is 0 Å². The predicted molar refractivity (Wildman–Crippen MR) is 64.5 cm³/mol. The Morgan fingerprint density at radius 1 is 1.16 bits per heavy atom. The van der Waals surface area contributed by atoms with Crippen molar-refractivity contribution in [2.24, 2.45) is 0 Å². The van der Waals surface area contributed by atoms with Gasteiger partial charge in [-0.15, -0.1) is 0 Å². The number of amides is 2. The first-order chi connectivity index (χ1) is 8.90. The summed E-state index contributed by atoms with van der Waals surface area (Å²) in [6.07, 6.45) is 0. The molecule has 0 aliphatic carbocycles. The van der Waals surface area contributed by atoms with Gasteiger partial charge in [-0.25, -0.2) is 0 Å². The highest BCUT2D eigenvalue weighted by Crippen LogP contribution is 2.04. The third-order valence-corrected chi connectivity index (χ3v) is 2.19. The summed E-state index contributed by atoms with van der Waals surface area (Å²) in [5, 5.41) is 20.5. The van der Waals surface area contributed by atoms with Gasteiger partial charge in [-0.3, -0.25) is 14.4 Å². The average Bonchev–Trinajstić information content (AvgIpc) is 2.36. The van der Waals surface area contributed by atoms with Crippen LogP contribution in [-0.2, 0) is 9.59 Å². The van der Waals surface area contributed by atoms with Crippen molar-refractivity contribution in [3.63, 3.8) is 0 Å². The van der Waals surface area contributed by atoms with E-state index in [1.54, 1.807) is 19.9 Å². The molecule has 8 nitrogen and oxygen atoms in total. The molecule has 0 saturated carbocycles. The fourth-order valence-corrected chi connectivity index (χ4v) is 1.27. The number of hydrogen-bond donors (Lipinski definition) is 3. The van der Waals surface area contributed by atoms with Crippen molar-refractivity contribution >= 4 is 17.8 Å². The number of aryl methyl sites for hydroxylation is 2. The molecule has 102 valence electrons. The van der Waals surface area contributed by atoms with E-state index in [2.05, 4.69) is 20.8 Å². The maximum Gasteiger partial charge on any atom is 0.322 e. The summed E-state index contributed by atoms with van der Waals surface area (Å²) in [4.78, 5) is 33.2. The van der Waals surface area contributed by atoms with Crippen LogP contribution in [0.1, 0.15) is 21.7 Å². The predicted octanol–water partition coefficient (Wildman–Crippen LogP) is -0.976. The lowest BCUT2D eigenvalue weighted by Gasteiger charge is -2.07. The second-order valence-electron chi connectivity index (χ2n) is 3.84. The summed E-state index contributed by atoms with van der Waals surface area (Å²) in [6.45, 7) is 2.55. The van der Waals surface area contributed by atoms with Gasteiger partial charge in [-0.1, -0.05) is 0 Å². The van der Waals surface area contributed by atoms with Crippen molar-refractivity contribution in [3.05, 3.63) is 23.0 Å². The van der Waals surface area contributed by atoms with Crippen LogP contribution in [0.15, 0.2) is 6.07 Å². The number of hydrogen-bond acceptors (Lipinski definition) is 5. The van der Waals surface area contributed by atoms with Gasteiger partial charge in [0.25, 0.3) is 5.91 Å². The van der Waals surface area contributed by atoms with Gasteiger partial charge in [0, 0.05) is 0 Å². The van der Waals surface area contributed by atoms with Crippen molar-refractivity contribution in [1.82, 2.24) is 20.8 Å². The molecule has 19 heavy (non-hydrogen) atoms. The van der Waals surface area contributed by atoms with Crippen LogP contribution in [0.5, 0.6) is 0 Å². The highest BCUT2D eigenvalue weighted by atomic mass is 16.4. The van der Waals surface area contributed by atoms with Crippen molar-refractivity contribution in [3.8, 4) is 0 Å². The minimum Gasteiger partial charge on any atom is -0.480 e. The lowest BCUT2D eigenvalue weighted by Crippen LogP contribution is -2.39. The molecule has 0 saturated heterocycles. The average molecular weight is 266 g/mol. The van der Waals surface area contributed by atoms with E-state index in [1.165, 1.54) is 0 Å². The van der Waals surface area contributed by atoms with E-state index in [0.29, 0.717) is 17.0 Å². The van der Waals surface area contributed by atoms with E-state index in [9.17, 15) is 14.4 Å². The maximum absolute atomic E-state index is 11.8. The van der Waals surface area contributed by atoms with Gasteiger partial charge in [0.1, 0.15) is 6.54 Å². The number of nitrogens with zero attached hydrogens (tertiary/aromatic N) is 2. The number of aliphatic carboxylic acids is 1. The van der Waals surface area contributed by atoms with E-state index in [0.717, 1.165) is 0 Å². The highest BCUT2D eigenvalue weighted by molar-refractivity contribution is 5.97. The summed E-state index contributed by atoms with van der Waals surface area (Å²) >= 11 is 0. The van der Waals surface area contributed by atoms with Gasteiger partial charge in [0.05, 0.1) is 23.5 Å². The van der Waals surface area contributed by atoms with Crippen LogP contribution < -0.4 is 10.6 Å². The minimum atomic E-state index is -1.15. The zero-order valence-corrected chi connectivity index (χ0v) is 10.6. The molecule has 0 atom stereocenters. The molecule has 3 N–H and O–H groups in total. The molecule has 0 aromatic carbocycles. The molecular weight excluding hydrogens is 252 g/mol. The Kier molecular flexibility index (Phi) is 4.92. The Bertz CT molecular complexity index is 515. The van der Waals surface area contributed by atoms with E-state index >= 15 is 0 Å². The normalized spacial score (nSPS) is 9.79. The smallest absolute Gasteiger partial charge is 0.322 e. The number of carbonyl (C=O) groups is 3. The zero-order chi connectivity index (χ0) is 14.4. The fourth-order valence-electron chi connectivity index (χ4n) is 1.27. The standard InChI is InChI=1S/C11H14N4O4/c1-6-3-8(7(2)15-14-6)11(19)13-4-9(16)12-5-10(17)18/h3H,4-5H2,1-2H3,(H,12,16)(H,13,19)(H,17,18). The molecule has 0 spiro atoms. The third kappa shape index (κ3) is 4.70. The molecule has 2 amide bonds. The molecule has 0 aliphatic rings. The molecule has 8 heteroatoms. The molecule has 0 bridgehead atoms. The second-order valence-corrected chi connectivity index (χ2v) is 3.84. The molecule has 1 aromatic heterocycles. The summed E-state index contributed by atoms with van der Waals surface area (Å²) in [6, 6.07) is 1.56. The van der Waals surface area contributed by atoms with Gasteiger partial charge in [0.2, 0.25) is 5.91 Å². The molecule has 0 unspecified atom stereocenters. The van der Waals surface area contributed by atoms with Crippen LogP contribution in [0.25, 0.3) is 0 Å². The van der Waals surface area contributed by atoms with Gasteiger partial charge >= 0.3 is 5.97 Å². The van der Waals surface area contributed by atoms with E-state index in [4.69, 9.17) is 5.11 Å². The number of carboxylic acids is 1. The molecule has 1 heterocycles. The van der Waals surface area contributed by atoms with Crippen LogP contribution in [0, 0.1) is 13.8 Å². The first-order valence-corrected chi connectivity index (χ1v) is 5.47. The van der Waals surface area contributed by atoms with E-state index in [1.807, 2.05) is 0 Å². The monoisotopic (exact) mass is 266 g/mol. The number of rotatable bonds is 5. The molecule has 0 radical (unpaired) electrons. The Hall–Kier alpha value is -2.51. The van der Waals surface area contributed by atoms with Gasteiger partial charge in [-0.2, -0.15) is 10.2 Å². The second kappa shape index (κ2) is 6.43. The quantitative estimate of drug-likeness (QED) is 0.630. The van der Waals surface area contributed by atoms with Crippen molar-refractivity contribution in [2.75, 3.05) is 13.1 Å². The SMILES string of the molecule is Cc1cc(C(=O)NCC(=O)NCC(=O)O)c(C)nn1. The maximum atomic E-state index is 11.8. The Morgan fingerprint density at radius 2 is 1.84 bits per heavy atom. The lowest BCUT2D eigenvalue weighted by atomic mass is 10.2. The van der Waals surface area contributed by atoms with Crippen LogP contribution >= 0.6 is 0 Å². The van der Waals surface area contributed by atoms with Gasteiger partial charge < -0.3 is 15.7 Å². The first kappa shape index (κ1) is 14.6. The van der Waals surface area contributed by atoms with Crippen LogP contribution in [0.2, 0.25) is 0 Å². The Labute approximate surface area is 109 Å². The largest absolute Gasteiger partial charge is 0.480 e. The van der Waals surface area contributed by atoms with E-state index in [-0.39, 0.29) is 6.54 Å². The summed E-state index contributed by atoms with van der Waals surface area (Å²) in [5.74, 6) is -2.18. The van der Waals surface area contributed by atoms with E-state index < -0.39 is 24.3 Å². The molecule has 0 fully saturated rings. The van der Waals surface area contributed by atoms with Crippen LogP contribution in [0.3, 0.4) is 0 Å². The topological polar surface area (TPSA) is 121 Å². The number of carbonyl (C=O) groups excluding carboxylic acids is 2. The molecule has 1 aromatic rings. The number of aromatic nitrogens is 2. The first-order valence-electron chi connectivity index (χ1n) is 5.47. The Morgan fingerprint density at radius 3 is 2.47 bits per heavy atom. The zero-order valence-electron chi connectivity index (χ0n) is 10.6. The number of carboxylic acid groups (broad SMARTS) is 1. The minimum absolute atomic E-state index is 0.299. The Balaban J connectivity index is 2.53. The lowest BCUT2D eigenvalue weighted by molar-refractivity contribution is -0.137. The molecule has 0 aliphatic heterocycles. The fraction of sp³-hybridized carbons (Fsp3) is 0.364. The van der Waals surface area contributed by atoms with Crippen LogP contribution in [-0.4, -0.2) is 46.2 Å². The summed E-state index contributed by atoms with van der Waals surface area (Å²) < 4.78 is 0. The molecule has 1 rings (SSSR count). The summed E-state index contributed by atoms with van der Waals surface area (Å²) in [5.41, 5.74) is 1.37. The van der Waals surface area contributed by atoms with Gasteiger partial charge in [-0.05, 0) is 19.9 Å².